The van der Waals surface area contributed by atoms with E-state index in [1.165, 1.54) is 24.3 Å². The monoisotopic (exact) mass is 336 g/mol. The largest absolute Gasteiger partial charge is 0.455 e. The molecular weight excluding hydrogens is 331 g/mol. The molecule has 0 saturated carbocycles. The average molecular weight is 337 g/mol. The Labute approximate surface area is 121 Å². The molecule has 2 rings (SSSR count). The first kappa shape index (κ1) is 14.0. The van der Waals surface area contributed by atoms with Crippen molar-refractivity contribution in [1.82, 2.24) is 0 Å². The van der Waals surface area contributed by atoms with E-state index in [-0.39, 0.29) is 17.0 Å². The molecule has 0 aliphatic heterocycles. The van der Waals surface area contributed by atoms with Crippen molar-refractivity contribution in [3.8, 4) is 17.6 Å². The van der Waals surface area contributed by atoms with Crippen LogP contribution in [0.4, 0.5) is 10.1 Å². The minimum absolute atomic E-state index is 0.0373. The minimum atomic E-state index is -0.545. The third-order valence-electron chi connectivity index (χ3n) is 2.41. The van der Waals surface area contributed by atoms with Gasteiger partial charge < -0.3 is 4.74 Å². The SMILES string of the molecule is N#Cc1cc(F)ccc1Oc1ccc([N+](=O)[O-])cc1Br. The summed E-state index contributed by atoms with van der Waals surface area (Å²) < 4.78 is 18.8. The van der Waals surface area contributed by atoms with E-state index in [4.69, 9.17) is 10.00 Å². The molecular formula is C13H6BrFN2O3. The van der Waals surface area contributed by atoms with Gasteiger partial charge >= 0.3 is 0 Å². The molecule has 2 aromatic rings. The predicted molar refractivity (Wildman–Crippen MR) is 72.0 cm³/mol. The molecule has 20 heavy (non-hydrogen) atoms. The second-order valence-electron chi connectivity index (χ2n) is 3.73. The molecule has 0 unspecified atom stereocenters. The van der Waals surface area contributed by atoms with Gasteiger partial charge in [0.25, 0.3) is 5.69 Å². The maximum absolute atomic E-state index is 13.0. The van der Waals surface area contributed by atoms with Crippen molar-refractivity contribution >= 4 is 21.6 Å². The van der Waals surface area contributed by atoms with Crippen molar-refractivity contribution in [3.05, 3.63) is 62.4 Å². The minimum Gasteiger partial charge on any atom is -0.455 e. The Hall–Kier alpha value is -2.46. The van der Waals surface area contributed by atoms with Gasteiger partial charge in [-0.1, -0.05) is 0 Å². The first-order valence-corrected chi connectivity index (χ1v) is 6.12. The van der Waals surface area contributed by atoms with Gasteiger partial charge in [0.2, 0.25) is 0 Å². The number of rotatable bonds is 3. The molecule has 0 aromatic heterocycles. The molecule has 0 radical (unpaired) electrons. The first-order valence-electron chi connectivity index (χ1n) is 5.32. The number of nitrogens with zero attached hydrogens (tertiary/aromatic N) is 2. The predicted octanol–water partition coefficient (Wildman–Crippen LogP) is 4.16. The number of nitro benzene ring substituents is 1. The Morgan fingerprint density at radius 3 is 2.55 bits per heavy atom. The fourth-order valence-corrected chi connectivity index (χ4v) is 1.93. The van der Waals surface area contributed by atoms with Gasteiger partial charge in [-0.25, -0.2) is 4.39 Å². The highest BCUT2D eigenvalue weighted by Crippen LogP contribution is 2.34. The number of halogens is 2. The lowest BCUT2D eigenvalue weighted by atomic mass is 10.2. The molecule has 0 amide bonds. The molecule has 0 atom stereocenters. The van der Waals surface area contributed by atoms with Crippen LogP contribution in [0.2, 0.25) is 0 Å². The molecule has 100 valence electrons. The van der Waals surface area contributed by atoms with E-state index in [2.05, 4.69) is 15.9 Å². The summed E-state index contributed by atoms with van der Waals surface area (Å²) in [5, 5.41) is 19.5. The van der Waals surface area contributed by atoms with Crippen LogP contribution in [0.5, 0.6) is 11.5 Å². The van der Waals surface area contributed by atoms with Crippen molar-refractivity contribution < 1.29 is 14.1 Å². The molecule has 0 spiro atoms. The van der Waals surface area contributed by atoms with Crippen LogP contribution in [0.1, 0.15) is 5.56 Å². The number of non-ortho nitro benzene ring substituents is 1. The van der Waals surface area contributed by atoms with Crippen LogP contribution in [0, 0.1) is 27.3 Å². The Bertz CT molecular complexity index is 728. The molecule has 2 aromatic carbocycles. The molecule has 0 heterocycles. The van der Waals surface area contributed by atoms with Crippen LogP contribution >= 0.6 is 15.9 Å². The standard InChI is InChI=1S/C13H6BrFN2O3/c14-11-6-10(17(18)19)2-4-13(11)20-12-3-1-9(15)5-8(12)7-16/h1-6H. The van der Waals surface area contributed by atoms with Gasteiger partial charge in [0, 0.05) is 12.1 Å². The van der Waals surface area contributed by atoms with Crippen LogP contribution in [0.25, 0.3) is 0 Å². The zero-order valence-electron chi connectivity index (χ0n) is 9.84. The van der Waals surface area contributed by atoms with Crippen molar-refractivity contribution in [1.29, 1.82) is 5.26 Å². The van der Waals surface area contributed by atoms with E-state index < -0.39 is 10.7 Å². The van der Waals surface area contributed by atoms with E-state index in [0.29, 0.717) is 10.2 Å². The summed E-state index contributed by atoms with van der Waals surface area (Å²) in [5.41, 5.74) is -0.0564. The quantitative estimate of drug-likeness (QED) is 0.622. The molecule has 0 aliphatic rings. The Balaban J connectivity index is 2.36. The van der Waals surface area contributed by atoms with Gasteiger partial charge in [-0.3, -0.25) is 10.1 Å². The fourth-order valence-electron chi connectivity index (χ4n) is 1.48. The van der Waals surface area contributed by atoms with Crippen LogP contribution in [-0.2, 0) is 0 Å². The van der Waals surface area contributed by atoms with Crippen LogP contribution < -0.4 is 4.74 Å². The van der Waals surface area contributed by atoms with Crippen molar-refractivity contribution in [2.45, 2.75) is 0 Å². The van der Waals surface area contributed by atoms with Crippen LogP contribution in [-0.4, -0.2) is 4.92 Å². The highest BCUT2D eigenvalue weighted by Gasteiger charge is 2.12. The average Bonchev–Trinajstić information content (AvgIpc) is 2.42. The van der Waals surface area contributed by atoms with Gasteiger partial charge in [-0.15, -0.1) is 0 Å². The molecule has 0 bridgehead atoms. The summed E-state index contributed by atoms with van der Waals surface area (Å²) in [6.07, 6.45) is 0. The molecule has 5 nitrogen and oxygen atoms in total. The Kier molecular flexibility index (Phi) is 3.96. The second kappa shape index (κ2) is 5.67. The van der Waals surface area contributed by atoms with Crippen molar-refractivity contribution in [3.63, 3.8) is 0 Å². The zero-order chi connectivity index (χ0) is 14.7. The fraction of sp³-hybridized carbons (Fsp3) is 0. The summed E-state index contributed by atoms with van der Waals surface area (Å²) in [5.74, 6) is -0.0844. The van der Waals surface area contributed by atoms with Crippen molar-refractivity contribution in [2.75, 3.05) is 0 Å². The van der Waals surface area contributed by atoms with E-state index in [1.807, 2.05) is 6.07 Å². The number of nitro groups is 1. The Morgan fingerprint density at radius 1 is 1.25 bits per heavy atom. The third-order valence-corrected chi connectivity index (χ3v) is 3.03. The summed E-state index contributed by atoms with van der Waals surface area (Å²) in [6.45, 7) is 0. The Morgan fingerprint density at radius 2 is 1.95 bits per heavy atom. The van der Waals surface area contributed by atoms with Gasteiger partial charge in [0.15, 0.2) is 0 Å². The number of ether oxygens (including phenoxy) is 1. The van der Waals surface area contributed by atoms with E-state index in [9.17, 15) is 14.5 Å². The lowest BCUT2D eigenvalue weighted by molar-refractivity contribution is -0.384. The molecule has 0 aliphatic carbocycles. The van der Waals surface area contributed by atoms with Crippen molar-refractivity contribution in [2.24, 2.45) is 0 Å². The normalized spacial score (nSPS) is 9.85. The van der Waals surface area contributed by atoms with E-state index in [1.54, 1.807) is 0 Å². The number of benzene rings is 2. The summed E-state index contributed by atoms with van der Waals surface area (Å²) in [6, 6.07) is 9.30. The number of hydrogen-bond acceptors (Lipinski definition) is 4. The number of hydrogen-bond donors (Lipinski definition) is 0. The molecule has 0 N–H and O–H groups in total. The lowest BCUT2D eigenvalue weighted by Crippen LogP contribution is -1.92. The van der Waals surface area contributed by atoms with Gasteiger partial charge in [-0.2, -0.15) is 5.26 Å². The van der Waals surface area contributed by atoms with E-state index >= 15 is 0 Å². The maximum Gasteiger partial charge on any atom is 0.270 e. The first-order chi connectivity index (χ1) is 9.51. The van der Waals surface area contributed by atoms with Crippen LogP contribution in [0.3, 0.4) is 0 Å². The second-order valence-corrected chi connectivity index (χ2v) is 4.58. The highest BCUT2D eigenvalue weighted by molar-refractivity contribution is 9.10. The lowest BCUT2D eigenvalue weighted by Gasteiger charge is -2.09. The highest BCUT2D eigenvalue weighted by atomic mass is 79.9. The zero-order valence-corrected chi connectivity index (χ0v) is 11.4. The third kappa shape index (κ3) is 2.92. The van der Waals surface area contributed by atoms with Gasteiger partial charge in [0.1, 0.15) is 23.4 Å². The molecule has 0 fully saturated rings. The maximum atomic E-state index is 13.0. The van der Waals surface area contributed by atoms with Gasteiger partial charge in [0.05, 0.1) is 15.0 Å². The smallest absolute Gasteiger partial charge is 0.270 e. The summed E-state index contributed by atoms with van der Waals surface area (Å²) in [7, 11) is 0. The van der Waals surface area contributed by atoms with E-state index in [0.717, 1.165) is 12.1 Å². The molecule has 0 saturated heterocycles. The topological polar surface area (TPSA) is 76.2 Å². The summed E-state index contributed by atoms with van der Waals surface area (Å²) >= 11 is 3.15. The number of nitriles is 1. The summed E-state index contributed by atoms with van der Waals surface area (Å²) in [4.78, 5) is 10.1. The van der Waals surface area contributed by atoms with Crippen LogP contribution in [0.15, 0.2) is 40.9 Å². The molecule has 7 heteroatoms. The van der Waals surface area contributed by atoms with Gasteiger partial charge in [-0.05, 0) is 40.2 Å².